The standard InChI is InChI=1S/C6H12N2/c1-6-3-4-8(6)5-7-2/h5-6H,3-4H2,1-2H3. The van der Waals surface area contributed by atoms with E-state index in [4.69, 9.17) is 0 Å². The van der Waals surface area contributed by atoms with Crippen molar-refractivity contribution in [2.24, 2.45) is 4.99 Å². The maximum Gasteiger partial charge on any atom is 0.0848 e. The summed E-state index contributed by atoms with van der Waals surface area (Å²) in [4.78, 5) is 6.15. The Balaban J connectivity index is 2.27. The van der Waals surface area contributed by atoms with Gasteiger partial charge in [0.1, 0.15) is 0 Å². The van der Waals surface area contributed by atoms with Crippen LogP contribution in [0.3, 0.4) is 0 Å². The van der Waals surface area contributed by atoms with Crippen LogP contribution in [0.5, 0.6) is 0 Å². The molecule has 1 fully saturated rings. The van der Waals surface area contributed by atoms with Crippen molar-refractivity contribution in [3.63, 3.8) is 0 Å². The molecule has 0 N–H and O–H groups in total. The van der Waals surface area contributed by atoms with E-state index < -0.39 is 0 Å². The fourth-order valence-electron chi connectivity index (χ4n) is 0.856. The van der Waals surface area contributed by atoms with E-state index in [1.807, 2.05) is 13.4 Å². The van der Waals surface area contributed by atoms with E-state index in [0.29, 0.717) is 0 Å². The van der Waals surface area contributed by atoms with Gasteiger partial charge in [0.2, 0.25) is 0 Å². The zero-order valence-corrected chi connectivity index (χ0v) is 5.46. The number of likely N-dealkylation sites (tertiary alicyclic amines) is 1. The summed E-state index contributed by atoms with van der Waals surface area (Å²) in [5.74, 6) is 0. The van der Waals surface area contributed by atoms with Gasteiger partial charge in [-0.3, -0.25) is 4.99 Å². The van der Waals surface area contributed by atoms with Crippen molar-refractivity contribution in [3.8, 4) is 0 Å². The van der Waals surface area contributed by atoms with Crippen molar-refractivity contribution in [1.82, 2.24) is 4.90 Å². The van der Waals surface area contributed by atoms with Gasteiger partial charge in [-0.1, -0.05) is 0 Å². The first-order valence-electron chi connectivity index (χ1n) is 3.02. The SMILES string of the molecule is CN=CN1CCC1C. The van der Waals surface area contributed by atoms with Crippen LogP contribution < -0.4 is 0 Å². The molecule has 1 atom stereocenters. The second kappa shape index (κ2) is 2.16. The summed E-state index contributed by atoms with van der Waals surface area (Å²) in [6.45, 7) is 3.41. The van der Waals surface area contributed by atoms with E-state index >= 15 is 0 Å². The van der Waals surface area contributed by atoms with E-state index in [1.165, 1.54) is 13.0 Å². The largest absolute Gasteiger partial charge is 0.360 e. The van der Waals surface area contributed by atoms with E-state index in [1.54, 1.807) is 0 Å². The lowest BCUT2D eigenvalue weighted by molar-refractivity contribution is 0.211. The number of hydrogen-bond donors (Lipinski definition) is 0. The highest BCUT2D eigenvalue weighted by atomic mass is 15.2. The molecule has 0 aromatic heterocycles. The predicted molar refractivity (Wildman–Crippen MR) is 35.2 cm³/mol. The van der Waals surface area contributed by atoms with Crippen LogP contribution in [0.1, 0.15) is 13.3 Å². The lowest BCUT2D eigenvalue weighted by atomic mass is 10.1. The minimum atomic E-state index is 0.735. The smallest absolute Gasteiger partial charge is 0.0848 e. The molecule has 1 saturated heterocycles. The Morgan fingerprint density at radius 1 is 1.75 bits per heavy atom. The number of hydrogen-bond acceptors (Lipinski definition) is 1. The van der Waals surface area contributed by atoms with E-state index in [2.05, 4.69) is 16.8 Å². The van der Waals surface area contributed by atoms with Crippen molar-refractivity contribution in [3.05, 3.63) is 0 Å². The molecule has 1 heterocycles. The third kappa shape index (κ3) is 0.831. The molecular formula is C6H12N2. The molecule has 0 spiro atoms. The molecule has 2 nitrogen and oxygen atoms in total. The Kier molecular flexibility index (Phi) is 1.51. The Hall–Kier alpha value is -0.530. The second-order valence-corrected chi connectivity index (χ2v) is 2.25. The molecule has 0 bridgehead atoms. The minimum absolute atomic E-state index is 0.735. The highest BCUT2D eigenvalue weighted by Gasteiger charge is 2.19. The van der Waals surface area contributed by atoms with Gasteiger partial charge in [-0.25, -0.2) is 0 Å². The monoisotopic (exact) mass is 112 g/mol. The molecule has 0 amide bonds. The van der Waals surface area contributed by atoms with Crippen molar-refractivity contribution >= 4 is 6.34 Å². The average molecular weight is 112 g/mol. The lowest BCUT2D eigenvalue weighted by Gasteiger charge is -2.36. The molecule has 8 heavy (non-hydrogen) atoms. The Morgan fingerprint density at radius 3 is 2.62 bits per heavy atom. The molecule has 1 unspecified atom stereocenters. The molecule has 0 aromatic carbocycles. The predicted octanol–water partition coefficient (Wildman–Crippen LogP) is 0.739. The van der Waals surface area contributed by atoms with Gasteiger partial charge in [-0.15, -0.1) is 0 Å². The molecule has 0 radical (unpaired) electrons. The van der Waals surface area contributed by atoms with Crippen LogP contribution in [0, 0.1) is 0 Å². The van der Waals surface area contributed by atoms with E-state index in [9.17, 15) is 0 Å². The number of aliphatic imine (C=N–C) groups is 1. The van der Waals surface area contributed by atoms with Gasteiger partial charge >= 0.3 is 0 Å². The summed E-state index contributed by atoms with van der Waals surface area (Å²) in [6.07, 6.45) is 3.24. The van der Waals surface area contributed by atoms with Crippen molar-refractivity contribution in [2.75, 3.05) is 13.6 Å². The normalized spacial score (nSPS) is 28.8. The molecule has 0 aliphatic carbocycles. The molecule has 1 aliphatic rings. The quantitative estimate of drug-likeness (QED) is 0.361. The summed E-state index contributed by atoms with van der Waals surface area (Å²) >= 11 is 0. The van der Waals surface area contributed by atoms with Crippen molar-refractivity contribution in [2.45, 2.75) is 19.4 Å². The van der Waals surface area contributed by atoms with Gasteiger partial charge in [-0.2, -0.15) is 0 Å². The van der Waals surface area contributed by atoms with Crippen LogP contribution in [0.4, 0.5) is 0 Å². The first-order chi connectivity index (χ1) is 3.84. The molecule has 0 saturated carbocycles. The third-order valence-corrected chi connectivity index (χ3v) is 1.64. The summed E-state index contributed by atoms with van der Waals surface area (Å²) < 4.78 is 0. The first-order valence-corrected chi connectivity index (χ1v) is 3.02. The van der Waals surface area contributed by atoms with E-state index in [0.717, 1.165) is 6.04 Å². The highest BCUT2D eigenvalue weighted by molar-refractivity contribution is 5.56. The summed E-state index contributed by atoms with van der Waals surface area (Å²) in [6, 6.07) is 0.735. The maximum atomic E-state index is 3.91. The average Bonchev–Trinajstić information content (AvgIpc) is 1.79. The van der Waals surface area contributed by atoms with Gasteiger partial charge < -0.3 is 4.90 Å². The van der Waals surface area contributed by atoms with E-state index in [-0.39, 0.29) is 0 Å². The van der Waals surface area contributed by atoms with Crippen LogP contribution in [0.2, 0.25) is 0 Å². The van der Waals surface area contributed by atoms with Gasteiger partial charge in [0.25, 0.3) is 0 Å². The van der Waals surface area contributed by atoms with Crippen LogP contribution >= 0.6 is 0 Å². The zero-order valence-electron chi connectivity index (χ0n) is 5.46. The fraction of sp³-hybridized carbons (Fsp3) is 0.833. The Bertz CT molecular complexity index is 98.7. The van der Waals surface area contributed by atoms with Gasteiger partial charge in [0.15, 0.2) is 0 Å². The third-order valence-electron chi connectivity index (χ3n) is 1.64. The number of nitrogens with zero attached hydrogens (tertiary/aromatic N) is 2. The Morgan fingerprint density at radius 2 is 2.50 bits per heavy atom. The Labute approximate surface area is 50.2 Å². The van der Waals surface area contributed by atoms with Crippen LogP contribution in [-0.2, 0) is 0 Å². The molecule has 46 valence electrons. The van der Waals surface area contributed by atoms with Gasteiger partial charge in [0.05, 0.1) is 6.34 Å². The van der Waals surface area contributed by atoms with Crippen LogP contribution in [-0.4, -0.2) is 30.9 Å². The molecular weight excluding hydrogens is 100 g/mol. The highest BCUT2D eigenvalue weighted by Crippen LogP contribution is 2.12. The van der Waals surface area contributed by atoms with Crippen molar-refractivity contribution < 1.29 is 0 Å². The minimum Gasteiger partial charge on any atom is -0.360 e. The molecule has 1 rings (SSSR count). The summed E-state index contributed by atoms with van der Waals surface area (Å²) in [7, 11) is 1.81. The first kappa shape index (κ1) is 5.60. The van der Waals surface area contributed by atoms with Gasteiger partial charge in [0, 0.05) is 19.6 Å². The molecule has 0 aromatic rings. The zero-order chi connectivity index (χ0) is 5.98. The fourth-order valence-corrected chi connectivity index (χ4v) is 0.856. The molecule has 1 aliphatic heterocycles. The maximum absolute atomic E-state index is 3.91. The lowest BCUT2D eigenvalue weighted by Crippen LogP contribution is -2.44. The second-order valence-electron chi connectivity index (χ2n) is 2.25. The summed E-state index contributed by atoms with van der Waals surface area (Å²) in [5.41, 5.74) is 0. The van der Waals surface area contributed by atoms with Crippen LogP contribution in [0.15, 0.2) is 4.99 Å². The van der Waals surface area contributed by atoms with Crippen LogP contribution in [0.25, 0.3) is 0 Å². The summed E-state index contributed by atoms with van der Waals surface area (Å²) in [5, 5.41) is 0. The number of rotatable bonds is 1. The van der Waals surface area contributed by atoms with Gasteiger partial charge in [-0.05, 0) is 13.3 Å². The molecule has 2 heteroatoms. The topological polar surface area (TPSA) is 15.6 Å². The van der Waals surface area contributed by atoms with Crippen molar-refractivity contribution in [1.29, 1.82) is 0 Å².